The van der Waals surface area contributed by atoms with Crippen LogP contribution in [0, 0.1) is 11.6 Å². The maximum Gasteiger partial charge on any atom is 0.274 e. The Morgan fingerprint density at radius 1 is 1.04 bits per heavy atom. The van der Waals surface area contributed by atoms with Crippen LogP contribution in [0.4, 0.5) is 20.3 Å². The molecule has 0 aliphatic heterocycles. The summed E-state index contributed by atoms with van der Waals surface area (Å²) in [6.07, 6.45) is 8.31. The van der Waals surface area contributed by atoms with E-state index in [0.717, 1.165) is 18.9 Å². The van der Waals surface area contributed by atoms with Gasteiger partial charge in [-0.25, -0.2) is 18.7 Å². The molecule has 1 aliphatic carbocycles. The molecule has 0 saturated heterocycles. The largest absolute Gasteiger partial charge is 0.367 e. The number of hydrogen-bond donors (Lipinski definition) is 2. The fourth-order valence-corrected chi connectivity index (χ4v) is 2.97. The summed E-state index contributed by atoms with van der Waals surface area (Å²) in [7, 11) is 0. The number of halogens is 2. The maximum absolute atomic E-state index is 13.7. The van der Waals surface area contributed by atoms with Gasteiger partial charge < -0.3 is 10.6 Å². The van der Waals surface area contributed by atoms with Crippen molar-refractivity contribution < 1.29 is 13.6 Å². The average molecular weight is 346 g/mol. The van der Waals surface area contributed by atoms with Gasteiger partial charge in [0.15, 0.2) is 0 Å². The second kappa shape index (κ2) is 8.00. The van der Waals surface area contributed by atoms with Crippen molar-refractivity contribution in [2.45, 2.75) is 44.6 Å². The molecule has 1 amide bonds. The maximum atomic E-state index is 13.7. The standard InChI is InChI=1S/C18H20F2N4O/c19-12-7-8-15(14(20)9-12)24-18(25)16-10-17(22-11-21-16)23-13-5-3-1-2-4-6-13/h7-11,13H,1-6H2,(H,24,25)(H,21,22,23). The molecule has 1 heterocycles. The van der Waals surface area contributed by atoms with Crippen molar-refractivity contribution in [3.05, 3.63) is 47.9 Å². The Balaban J connectivity index is 1.68. The van der Waals surface area contributed by atoms with Gasteiger partial charge in [0, 0.05) is 18.2 Å². The number of carbonyl (C=O) groups excluding carboxylic acids is 1. The summed E-state index contributed by atoms with van der Waals surface area (Å²) in [6, 6.07) is 4.85. The minimum atomic E-state index is -0.834. The van der Waals surface area contributed by atoms with Gasteiger partial charge in [0.05, 0.1) is 5.69 Å². The van der Waals surface area contributed by atoms with Crippen LogP contribution in [-0.2, 0) is 0 Å². The van der Waals surface area contributed by atoms with Crippen molar-refractivity contribution in [1.82, 2.24) is 9.97 Å². The predicted octanol–water partition coefficient (Wildman–Crippen LogP) is 4.14. The fraction of sp³-hybridized carbons (Fsp3) is 0.389. The highest BCUT2D eigenvalue weighted by Gasteiger charge is 2.15. The lowest BCUT2D eigenvalue weighted by Gasteiger charge is -2.17. The second-order valence-electron chi connectivity index (χ2n) is 6.20. The van der Waals surface area contributed by atoms with E-state index in [9.17, 15) is 13.6 Å². The lowest BCUT2D eigenvalue weighted by atomic mass is 10.1. The Morgan fingerprint density at radius 3 is 2.52 bits per heavy atom. The van der Waals surface area contributed by atoms with Crippen LogP contribution >= 0.6 is 0 Å². The van der Waals surface area contributed by atoms with E-state index >= 15 is 0 Å². The molecule has 2 aromatic rings. The van der Waals surface area contributed by atoms with Crippen LogP contribution in [0.5, 0.6) is 0 Å². The van der Waals surface area contributed by atoms with E-state index < -0.39 is 17.5 Å². The molecule has 0 bridgehead atoms. The van der Waals surface area contributed by atoms with Crippen LogP contribution in [0.2, 0.25) is 0 Å². The Hall–Kier alpha value is -2.57. The van der Waals surface area contributed by atoms with Gasteiger partial charge in [-0.15, -0.1) is 0 Å². The number of anilines is 2. The summed E-state index contributed by atoms with van der Waals surface area (Å²) in [6.45, 7) is 0. The first-order valence-corrected chi connectivity index (χ1v) is 8.47. The molecule has 0 atom stereocenters. The molecule has 5 nitrogen and oxygen atoms in total. The molecule has 1 aromatic heterocycles. The van der Waals surface area contributed by atoms with Gasteiger partial charge in [-0.1, -0.05) is 25.7 Å². The molecular formula is C18H20F2N4O. The topological polar surface area (TPSA) is 66.9 Å². The van der Waals surface area contributed by atoms with Gasteiger partial charge in [0.25, 0.3) is 5.91 Å². The van der Waals surface area contributed by atoms with Gasteiger partial charge in [-0.05, 0) is 25.0 Å². The first-order chi connectivity index (χ1) is 12.1. The van der Waals surface area contributed by atoms with Crippen molar-refractivity contribution in [1.29, 1.82) is 0 Å². The zero-order valence-corrected chi connectivity index (χ0v) is 13.8. The molecule has 0 unspecified atom stereocenters. The minimum Gasteiger partial charge on any atom is -0.367 e. The number of aromatic nitrogens is 2. The van der Waals surface area contributed by atoms with Crippen LogP contribution in [0.3, 0.4) is 0 Å². The van der Waals surface area contributed by atoms with Crippen molar-refractivity contribution in [2.75, 3.05) is 10.6 Å². The zero-order chi connectivity index (χ0) is 17.6. The predicted molar refractivity (Wildman–Crippen MR) is 91.5 cm³/mol. The van der Waals surface area contributed by atoms with E-state index in [0.29, 0.717) is 17.9 Å². The number of rotatable bonds is 4. The summed E-state index contributed by atoms with van der Waals surface area (Å²) in [5.41, 5.74) is 0.0261. The Bertz CT molecular complexity index is 746. The molecule has 1 aromatic carbocycles. The summed E-state index contributed by atoms with van der Waals surface area (Å²) < 4.78 is 26.6. The molecule has 2 N–H and O–H groups in total. The molecule has 1 fully saturated rings. The molecule has 0 spiro atoms. The number of benzene rings is 1. The quantitative estimate of drug-likeness (QED) is 0.817. The minimum absolute atomic E-state index is 0.0942. The van der Waals surface area contributed by atoms with Crippen molar-refractivity contribution in [3.8, 4) is 0 Å². The molecule has 132 valence electrons. The Kier molecular flexibility index (Phi) is 5.53. The third-order valence-corrected chi connectivity index (χ3v) is 4.29. The van der Waals surface area contributed by atoms with Crippen LogP contribution in [0.25, 0.3) is 0 Å². The van der Waals surface area contributed by atoms with Gasteiger partial charge in [-0.2, -0.15) is 0 Å². The molecule has 1 saturated carbocycles. The first kappa shape index (κ1) is 17.3. The van der Waals surface area contributed by atoms with Crippen molar-refractivity contribution in [2.24, 2.45) is 0 Å². The van der Waals surface area contributed by atoms with E-state index in [1.807, 2.05) is 0 Å². The average Bonchev–Trinajstić information content (AvgIpc) is 2.86. The zero-order valence-electron chi connectivity index (χ0n) is 13.8. The first-order valence-electron chi connectivity index (χ1n) is 8.47. The number of carbonyl (C=O) groups is 1. The molecule has 3 rings (SSSR count). The smallest absolute Gasteiger partial charge is 0.274 e. The Labute approximate surface area is 144 Å². The molecule has 1 aliphatic rings. The number of nitrogens with zero attached hydrogens (tertiary/aromatic N) is 2. The Morgan fingerprint density at radius 2 is 1.80 bits per heavy atom. The third kappa shape index (κ3) is 4.71. The fourth-order valence-electron chi connectivity index (χ4n) is 2.97. The van der Waals surface area contributed by atoms with Crippen LogP contribution in [0.15, 0.2) is 30.6 Å². The van der Waals surface area contributed by atoms with Crippen molar-refractivity contribution >= 4 is 17.4 Å². The lowest BCUT2D eigenvalue weighted by molar-refractivity contribution is 0.102. The summed E-state index contributed by atoms with van der Waals surface area (Å²) in [4.78, 5) is 20.4. The van der Waals surface area contributed by atoms with Crippen LogP contribution in [-0.4, -0.2) is 21.9 Å². The van der Waals surface area contributed by atoms with E-state index in [4.69, 9.17) is 0 Å². The van der Waals surface area contributed by atoms with Crippen LogP contribution < -0.4 is 10.6 Å². The number of hydrogen-bond acceptors (Lipinski definition) is 4. The normalized spacial score (nSPS) is 15.4. The monoisotopic (exact) mass is 346 g/mol. The van der Waals surface area contributed by atoms with Gasteiger partial charge in [-0.3, -0.25) is 4.79 Å². The molecule has 7 heteroatoms. The van der Waals surface area contributed by atoms with Gasteiger partial charge >= 0.3 is 0 Å². The second-order valence-corrected chi connectivity index (χ2v) is 6.20. The number of nitrogens with one attached hydrogen (secondary N) is 2. The van der Waals surface area contributed by atoms with Crippen LogP contribution in [0.1, 0.15) is 49.0 Å². The SMILES string of the molecule is O=C(Nc1ccc(F)cc1F)c1cc(NC2CCCCCC2)ncn1. The summed E-state index contributed by atoms with van der Waals surface area (Å²) >= 11 is 0. The lowest BCUT2D eigenvalue weighted by Crippen LogP contribution is -2.20. The van der Waals surface area contributed by atoms with Gasteiger partial charge in [0.1, 0.15) is 29.5 Å². The van der Waals surface area contributed by atoms with E-state index in [2.05, 4.69) is 20.6 Å². The highest BCUT2D eigenvalue weighted by molar-refractivity contribution is 6.03. The van der Waals surface area contributed by atoms with E-state index in [1.165, 1.54) is 38.1 Å². The summed E-state index contributed by atoms with van der Waals surface area (Å²) in [5.74, 6) is -1.53. The highest BCUT2D eigenvalue weighted by Crippen LogP contribution is 2.21. The third-order valence-electron chi connectivity index (χ3n) is 4.29. The van der Waals surface area contributed by atoms with E-state index in [-0.39, 0.29) is 11.4 Å². The van der Waals surface area contributed by atoms with Crippen molar-refractivity contribution in [3.63, 3.8) is 0 Å². The molecule has 25 heavy (non-hydrogen) atoms. The van der Waals surface area contributed by atoms with Gasteiger partial charge in [0.2, 0.25) is 0 Å². The number of amides is 1. The molecule has 0 radical (unpaired) electrons. The molecular weight excluding hydrogens is 326 g/mol. The summed E-state index contributed by atoms with van der Waals surface area (Å²) in [5, 5.41) is 5.74. The van der Waals surface area contributed by atoms with E-state index in [1.54, 1.807) is 6.07 Å². The highest BCUT2D eigenvalue weighted by atomic mass is 19.1.